The van der Waals surface area contributed by atoms with Gasteiger partial charge in [0.05, 0.1) is 11.2 Å². The SMILES string of the molecule is CC1(C)c2ccccc2Oc2c1ccc(-c1cccc(-c3ccccc3-c3nc(-c4ccc(-c5ccc6ccccc6c5)cc4)nc4ccccc34)c1)c2C#N. The summed E-state index contributed by atoms with van der Waals surface area (Å²) >= 11 is 0. The van der Waals surface area contributed by atoms with Crippen molar-refractivity contribution in [3.05, 3.63) is 193 Å². The van der Waals surface area contributed by atoms with Crippen LogP contribution in [0.15, 0.2) is 176 Å². The fourth-order valence-electron chi connectivity index (χ4n) is 8.25. The molecule has 0 atom stereocenters. The smallest absolute Gasteiger partial charge is 0.160 e. The van der Waals surface area contributed by atoms with E-state index in [1.165, 1.54) is 16.3 Å². The second-order valence-corrected chi connectivity index (χ2v) is 14.9. The van der Waals surface area contributed by atoms with E-state index in [0.717, 1.165) is 72.4 Å². The third-order valence-corrected chi connectivity index (χ3v) is 11.2. The molecule has 0 bridgehead atoms. The summed E-state index contributed by atoms with van der Waals surface area (Å²) in [4.78, 5) is 10.3. The van der Waals surface area contributed by atoms with E-state index in [2.05, 4.69) is 166 Å². The number of para-hydroxylation sites is 2. The first-order chi connectivity index (χ1) is 27.5. The average Bonchev–Trinajstić information content (AvgIpc) is 3.25. The van der Waals surface area contributed by atoms with Crippen molar-refractivity contribution < 1.29 is 4.74 Å². The van der Waals surface area contributed by atoms with Crippen LogP contribution < -0.4 is 4.74 Å². The quantitative estimate of drug-likeness (QED) is 0.178. The van der Waals surface area contributed by atoms with Crippen LogP contribution in [0.1, 0.15) is 30.5 Å². The molecular weight excluding hydrogens is 683 g/mol. The molecule has 4 heteroatoms. The Morgan fingerprint density at radius 3 is 2.02 bits per heavy atom. The van der Waals surface area contributed by atoms with Crippen LogP contribution >= 0.6 is 0 Å². The molecule has 0 saturated heterocycles. The highest BCUT2D eigenvalue weighted by atomic mass is 16.5. The molecule has 264 valence electrons. The van der Waals surface area contributed by atoms with Gasteiger partial charge in [0.15, 0.2) is 5.82 Å². The van der Waals surface area contributed by atoms with Gasteiger partial charge in [-0.3, -0.25) is 0 Å². The van der Waals surface area contributed by atoms with Gasteiger partial charge >= 0.3 is 0 Å². The maximum absolute atomic E-state index is 10.6. The third-order valence-electron chi connectivity index (χ3n) is 11.2. The predicted molar refractivity (Wildman–Crippen MR) is 228 cm³/mol. The zero-order valence-electron chi connectivity index (χ0n) is 31.0. The number of nitriles is 1. The summed E-state index contributed by atoms with van der Waals surface area (Å²) in [5, 5.41) is 14.1. The number of benzene rings is 8. The molecule has 0 saturated carbocycles. The zero-order chi connectivity index (χ0) is 37.8. The molecule has 0 N–H and O–H groups in total. The standard InChI is InChI=1S/C52H35N3O/c1-52(2)45-19-8-10-21-48(45)56-50-44(32-53)41(28-29-46(50)52)39-15-11-14-38(31-39)40-16-5-6-17-42(40)49-43-18-7-9-20-47(43)54-51(55-49)35-25-22-34(23-26-35)37-27-24-33-12-3-4-13-36(33)30-37/h3-31H,1-2H3. The van der Waals surface area contributed by atoms with Gasteiger partial charge in [0.25, 0.3) is 0 Å². The second kappa shape index (κ2) is 13.2. The van der Waals surface area contributed by atoms with Crippen LogP contribution in [0.2, 0.25) is 0 Å². The van der Waals surface area contributed by atoms with E-state index in [-0.39, 0.29) is 5.41 Å². The van der Waals surface area contributed by atoms with E-state index in [1.54, 1.807) is 0 Å². The number of rotatable bonds is 5. The number of aromatic nitrogens is 2. The highest BCUT2D eigenvalue weighted by Crippen LogP contribution is 2.51. The first-order valence-electron chi connectivity index (χ1n) is 18.9. The van der Waals surface area contributed by atoms with E-state index in [9.17, 15) is 5.26 Å². The van der Waals surface area contributed by atoms with Gasteiger partial charge in [0.2, 0.25) is 0 Å². The molecule has 0 unspecified atom stereocenters. The van der Waals surface area contributed by atoms with Crippen molar-refractivity contribution in [2.45, 2.75) is 19.3 Å². The topological polar surface area (TPSA) is 58.8 Å². The molecule has 0 radical (unpaired) electrons. The maximum Gasteiger partial charge on any atom is 0.160 e. The summed E-state index contributed by atoms with van der Waals surface area (Å²) in [6.45, 7) is 4.38. The Labute approximate surface area is 326 Å². The summed E-state index contributed by atoms with van der Waals surface area (Å²) in [7, 11) is 0. The van der Waals surface area contributed by atoms with Crippen LogP contribution in [0.5, 0.6) is 11.5 Å². The van der Waals surface area contributed by atoms with Gasteiger partial charge in [-0.25, -0.2) is 9.97 Å². The Morgan fingerprint density at radius 2 is 1.18 bits per heavy atom. The van der Waals surface area contributed by atoms with Crippen molar-refractivity contribution in [3.8, 4) is 73.6 Å². The molecule has 8 aromatic carbocycles. The predicted octanol–water partition coefficient (Wildman–Crippen LogP) is 13.4. The van der Waals surface area contributed by atoms with Crippen LogP contribution in [0.4, 0.5) is 0 Å². The summed E-state index contributed by atoms with van der Waals surface area (Å²) < 4.78 is 6.49. The van der Waals surface area contributed by atoms with Crippen molar-refractivity contribution >= 4 is 21.7 Å². The lowest BCUT2D eigenvalue weighted by Gasteiger charge is -2.35. The van der Waals surface area contributed by atoms with Crippen molar-refractivity contribution in [2.75, 3.05) is 0 Å². The molecule has 9 aromatic rings. The molecule has 56 heavy (non-hydrogen) atoms. The van der Waals surface area contributed by atoms with Gasteiger partial charge in [0, 0.05) is 38.6 Å². The molecular formula is C52H35N3O. The average molecular weight is 718 g/mol. The number of fused-ring (bicyclic) bond motifs is 4. The minimum absolute atomic E-state index is 0.312. The zero-order valence-corrected chi connectivity index (χ0v) is 31.0. The van der Waals surface area contributed by atoms with Crippen molar-refractivity contribution in [2.24, 2.45) is 0 Å². The highest BCUT2D eigenvalue weighted by molar-refractivity contribution is 5.98. The first kappa shape index (κ1) is 33.2. The van der Waals surface area contributed by atoms with Crippen LogP contribution in [0, 0.1) is 11.3 Å². The normalized spacial score (nSPS) is 12.7. The highest BCUT2D eigenvalue weighted by Gasteiger charge is 2.36. The van der Waals surface area contributed by atoms with Crippen LogP contribution in [-0.4, -0.2) is 9.97 Å². The Bertz CT molecular complexity index is 3050. The van der Waals surface area contributed by atoms with E-state index in [1.807, 2.05) is 30.3 Å². The largest absolute Gasteiger partial charge is 0.455 e. The Balaban J connectivity index is 1.05. The lowest BCUT2D eigenvalue weighted by Crippen LogP contribution is -2.24. The van der Waals surface area contributed by atoms with Gasteiger partial charge < -0.3 is 4.74 Å². The monoisotopic (exact) mass is 717 g/mol. The van der Waals surface area contributed by atoms with Gasteiger partial charge in [-0.1, -0.05) is 166 Å². The lowest BCUT2D eigenvalue weighted by molar-refractivity contribution is 0.417. The maximum atomic E-state index is 10.6. The molecule has 0 amide bonds. The first-order valence-corrected chi connectivity index (χ1v) is 18.9. The molecule has 1 aliphatic rings. The molecule has 0 spiro atoms. The minimum Gasteiger partial charge on any atom is -0.455 e. The third kappa shape index (κ3) is 5.52. The summed E-state index contributed by atoms with van der Waals surface area (Å²) in [5.74, 6) is 2.09. The molecule has 10 rings (SSSR count). The number of hydrogen-bond acceptors (Lipinski definition) is 4. The van der Waals surface area contributed by atoms with E-state index in [0.29, 0.717) is 17.1 Å². The number of nitrogens with zero attached hydrogens (tertiary/aromatic N) is 3. The van der Waals surface area contributed by atoms with Gasteiger partial charge in [-0.15, -0.1) is 0 Å². The Morgan fingerprint density at radius 1 is 0.500 bits per heavy atom. The Hall–Kier alpha value is -7.35. The fraction of sp³-hybridized carbons (Fsp3) is 0.0577. The number of ether oxygens (including phenoxy) is 1. The Kier molecular flexibility index (Phi) is 7.83. The van der Waals surface area contributed by atoms with Crippen LogP contribution in [0.25, 0.3) is 77.7 Å². The molecule has 0 fully saturated rings. The molecule has 1 aliphatic heterocycles. The summed E-state index contributed by atoms with van der Waals surface area (Å²) in [5.41, 5.74) is 12.2. The fourth-order valence-corrected chi connectivity index (χ4v) is 8.25. The van der Waals surface area contributed by atoms with E-state index in [4.69, 9.17) is 14.7 Å². The molecule has 1 aromatic heterocycles. The molecule has 0 aliphatic carbocycles. The molecule has 4 nitrogen and oxygen atoms in total. The summed E-state index contributed by atoms with van der Waals surface area (Å²) in [6, 6.07) is 63.4. The van der Waals surface area contributed by atoms with E-state index < -0.39 is 0 Å². The number of hydrogen-bond donors (Lipinski definition) is 0. The summed E-state index contributed by atoms with van der Waals surface area (Å²) in [6.07, 6.45) is 0. The minimum atomic E-state index is -0.312. The van der Waals surface area contributed by atoms with E-state index >= 15 is 0 Å². The van der Waals surface area contributed by atoms with Crippen LogP contribution in [0.3, 0.4) is 0 Å². The lowest BCUT2D eigenvalue weighted by atomic mass is 9.74. The van der Waals surface area contributed by atoms with Gasteiger partial charge in [0.1, 0.15) is 23.1 Å². The molecule has 2 heterocycles. The van der Waals surface area contributed by atoms with Crippen LogP contribution in [-0.2, 0) is 5.41 Å². The second-order valence-electron chi connectivity index (χ2n) is 14.9. The van der Waals surface area contributed by atoms with Crippen molar-refractivity contribution in [1.82, 2.24) is 9.97 Å². The van der Waals surface area contributed by atoms with Gasteiger partial charge in [-0.2, -0.15) is 5.26 Å². The van der Waals surface area contributed by atoms with Crippen molar-refractivity contribution in [3.63, 3.8) is 0 Å². The van der Waals surface area contributed by atoms with Gasteiger partial charge in [-0.05, 0) is 62.9 Å². The van der Waals surface area contributed by atoms with Crippen molar-refractivity contribution in [1.29, 1.82) is 5.26 Å².